The molecule has 2 aromatic carbocycles. The molecule has 2 aromatic rings. The van der Waals surface area contributed by atoms with Crippen LogP contribution in [0, 0.1) is 0 Å². The first-order valence-electron chi connectivity index (χ1n) is 9.41. The quantitative estimate of drug-likeness (QED) is 0.495. The van der Waals surface area contributed by atoms with Crippen molar-refractivity contribution in [2.24, 2.45) is 0 Å². The second kappa shape index (κ2) is 9.91. The predicted molar refractivity (Wildman–Crippen MR) is 118 cm³/mol. The summed E-state index contributed by atoms with van der Waals surface area (Å²) in [6, 6.07) is 13.6. The van der Waals surface area contributed by atoms with E-state index in [0.29, 0.717) is 22.0 Å². The number of nitrogens with one attached hydrogen (secondary N) is 1. The molecule has 0 aromatic heterocycles. The van der Waals surface area contributed by atoms with Crippen LogP contribution in [0.25, 0.3) is 0 Å². The third kappa shape index (κ3) is 4.91. The van der Waals surface area contributed by atoms with Crippen LogP contribution in [0.1, 0.15) is 18.5 Å². The Labute approximate surface area is 185 Å². The van der Waals surface area contributed by atoms with E-state index in [1.54, 1.807) is 50.0 Å². The summed E-state index contributed by atoms with van der Waals surface area (Å²) in [6.45, 7) is 2.00. The minimum atomic E-state index is -0.664. The third-order valence-corrected chi connectivity index (χ3v) is 5.71. The highest BCUT2D eigenvalue weighted by atomic mass is 35.5. The molecule has 1 unspecified atom stereocenters. The predicted octanol–water partition coefficient (Wildman–Crippen LogP) is 4.65. The zero-order valence-electron chi connectivity index (χ0n) is 17.0. The molecule has 3 rings (SSSR count). The lowest BCUT2D eigenvalue weighted by Gasteiger charge is -2.34. The van der Waals surface area contributed by atoms with Gasteiger partial charge >= 0.3 is 12.0 Å². The summed E-state index contributed by atoms with van der Waals surface area (Å²) >= 11 is 7.63. The number of urea groups is 1. The number of carbonyl (C=O) groups is 2. The van der Waals surface area contributed by atoms with Crippen LogP contribution in [0.3, 0.4) is 0 Å². The van der Waals surface area contributed by atoms with Gasteiger partial charge in [0.05, 0.1) is 23.9 Å². The number of likely N-dealkylation sites (N-methyl/N-ethyl adjacent to an activating group) is 1. The molecule has 0 radical (unpaired) electrons. The number of carbonyl (C=O) groups excluding carboxylic acids is 2. The Kier molecular flexibility index (Phi) is 7.29. The molecule has 0 saturated heterocycles. The van der Waals surface area contributed by atoms with Gasteiger partial charge in [-0.15, -0.1) is 11.8 Å². The van der Waals surface area contributed by atoms with Crippen molar-refractivity contribution in [2.75, 3.05) is 26.5 Å². The molecule has 0 saturated carbocycles. The van der Waals surface area contributed by atoms with Gasteiger partial charge in [0.15, 0.2) is 0 Å². The number of hydrogen-bond donors (Lipinski definition) is 1. The summed E-state index contributed by atoms with van der Waals surface area (Å²) < 4.78 is 11.2. The lowest BCUT2D eigenvalue weighted by atomic mass is 9.95. The summed E-state index contributed by atoms with van der Waals surface area (Å²) in [5.74, 6) is 0.145. The van der Waals surface area contributed by atoms with E-state index in [9.17, 15) is 9.59 Å². The summed E-state index contributed by atoms with van der Waals surface area (Å²) in [5, 5.41) is 3.43. The van der Waals surface area contributed by atoms with Gasteiger partial charge in [-0.2, -0.15) is 0 Å². The van der Waals surface area contributed by atoms with Crippen molar-refractivity contribution in [1.29, 1.82) is 0 Å². The van der Waals surface area contributed by atoms with Gasteiger partial charge in [0, 0.05) is 17.0 Å². The van der Waals surface area contributed by atoms with Crippen LogP contribution in [0.4, 0.5) is 4.79 Å². The molecule has 1 aliphatic rings. The van der Waals surface area contributed by atoms with Crippen LogP contribution in [-0.4, -0.2) is 43.4 Å². The SMILES string of the molecule is CCOC(=O)C1=C(COc2ccc(SC)cc2)N(C)C(=O)NC1c1ccc(Cl)cc1. The molecule has 6 nitrogen and oxygen atoms in total. The molecule has 0 spiro atoms. The monoisotopic (exact) mass is 446 g/mol. The first-order valence-corrected chi connectivity index (χ1v) is 11.0. The first kappa shape index (κ1) is 22.1. The van der Waals surface area contributed by atoms with Crippen LogP contribution in [0.2, 0.25) is 5.02 Å². The number of nitrogens with zero attached hydrogens (tertiary/aromatic N) is 1. The average molecular weight is 447 g/mol. The van der Waals surface area contributed by atoms with Crippen molar-refractivity contribution in [1.82, 2.24) is 10.2 Å². The zero-order valence-corrected chi connectivity index (χ0v) is 18.5. The van der Waals surface area contributed by atoms with E-state index in [2.05, 4.69) is 5.32 Å². The van der Waals surface area contributed by atoms with Gasteiger partial charge in [-0.05, 0) is 55.1 Å². The molecule has 0 bridgehead atoms. The fourth-order valence-electron chi connectivity index (χ4n) is 3.11. The number of thioether (sulfide) groups is 1. The lowest BCUT2D eigenvalue weighted by Crippen LogP contribution is -2.48. The Balaban J connectivity index is 1.98. The first-order chi connectivity index (χ1) is 14.4. The van der Waals surface area contributed by atoms with Crippen LogP contribution >= 0.6 is 23.4 Å². The second-order valence-electron chi connectivity index (χ2n) is 6.54. The van der Waals surface area contributed by atoms with Crippen LogP contribution < -0.4 is 10.1 Å². The van der Waals surface area contributed by atoms with Gasteiger partial charge in [0.2, 0.25) is 0 Å². The van der Waals surface area contributed by atoms with Crippen molar-refractivity contribution in [3.05, 3.63) is 70.4 Å². The van der Waals surface area contributed by atoms with E-state index in [4.69, 9.17) is 21.1 Å². The van der Waals surface area contributed by atoms with E-state index in [1.165, 1.54) is 4.90 Å². The van der Waals surface area contributed by atoms with Crippen molar-refractivity contribution < 1.29 is 19.1 Å². The molecule has 158 valence electrons. The number of benzene rings is 2. The summed E-state index contributed by atoms with van der Waals surface area (Å²) in [7, 11) is 1.60. The fraction of sp³-hybridized carbons (Fsp3) is 0.273. The summed E-state index contributed by atoms with van der Waals surface area (Å²) in [5.41, 5.74) is 1.51. The number of rotatable bonds is 7. The Morgan fingerprint density at radius 2 is 1.83 bits per heavy atom. The smallest absolute Gasteiger partial charge is 0.338 e. The maximum Gasteiger partial charge on any atom is 0.338 e. The summed E-state index contributed by atoms with van der Waals surface area (Å²) in [4.78, 5) is 28.0. The van der Waals surface area contributed by atoms with Gasteiger partial charge in [-0.3, -0.25) is 4.90 Å². The number of halogens is 1. The highest BCUT2D eigenvalue weighted by Gasteiger charge is 2.37. The van der Waals surface area contributed by atoms with E-state index < -0.39 is 12.0 Å². The van der Waals surface area contributed by atoms with Crippen molar-refractivity contribution in [2.45, 2.75) is 17.9 Å². The molecule has 1 aliphatic heterocycles. The number of amides is 2. The van der Waals surface area contributed by atoms with Crippen molar-refractivity contribution in [3.8, 4) is 5.75 Å². The normalized spacial score (nSPS) is 16.3. The molecule has 1 N–H and O–H groups in total. The van der Waals surface area contributed by atoms with Crippen LogP contribution in [0.5, 0.6) is 5.75 Å². The maximum absolute atomic E-state index is 12.9. The minimum Gasteiger partial charge on any atom is -0.487 e. The molecule has 2 amide bonds. The number of esters is 1. The number of ether oxygens (including phenoxy) is 2. The Morgan fingerprint density at radius 3 is 2.43 bits per heavy atom. The van der Waals surface area contributed by atoms with Gasteiger partial charge in [0.25, 0.3) is 0 Å². The molecular weight excluding hydrogens is 424 g/mol. The summed E-state index contributed by atoms with van der Waals surface area (Å²) in [6.07, 6.45) is 2.00. The molecule has 30 heavy (non-hydrogen) atoms. The average Bonchev–Trinajstić information content (AvgIpc) is 2.75. The molecule has 1 heterocycles. The highest BCUT2D eigenvalue weighted by Crippen LogP contribution is 2.32. The largest absolute Gasteiger partial charge is 0.487 e. The van der Waals surface area contributed by atoms with Gasteiger partial charge in [0.1, 0.15) is 12.4 Å². The van der Waals surface area contributed by atoms with E-state index in [1.807, 2.05) is 30.5 Å². The van der Waals surface area contributed by atoms with E-state index in [0.717, 1.165) is 10.5 Å². The standard InChI is InChI=1S/C22H23ClN2O4S/c1-4-28-21(26)19-18(13-29-16-9-11-17(30-3)12-10-16)25(2)22(27)24-20(19)14-5-7-15(23)8-6-14/h5-12,20H,4,13H2,1-3H3,(H,24,27). The Hall–Kier alpha value is -2.64. The van der Waals surface area contributed by atoms with Crippen molar-refractivity contribution >= 4 is 35.4 Å². The molecule has 0 fully saturated rings. The van der Waals surface area contributed by atoms with Gasteiger partial charge in [-0.25, -0.2) is 9.59 Å². The van der Waals surface area contributed by atoms with E-state index >= 15 is 0 Å². The highest BCUT2D eigenvalue weighted by molar-refractivity contribution is 7.98. The number of hydrogen-bond acceptors (Lipinski definition) is 5. The van der Waals surface area contributed by atoms with Crippen LogP contribution in [0.15, 0.2) is 64.7 Å². The molecule has 0 aliphatic carbocycles. The molecular formula is C22H23ClN2O4S. The Morgan fingerprint density at radius 1 is 1.17 bits per heavy atom. The lowest BCUT2D eigenvalue weighted by molar-refractivity contribution is -0.139. The van der Waals surface area contributed by atoms with Crippen LogP contribution in [-0.2, 0) is 9.53 Å². The molecule has 8 heteroatoms. The Bertz CT molecular complexity index is 945. The van der Waals surface area contributed by atoms with Crippen molar-refractivity contribution in [3.63, 3.8) is 0 Å². The fourth-order valence-corrected chi connectivity index (χ4v) is 3.64. The topological polar surface area (TPSA) is 67.9 Å². The van der Waals surface area contributed by atoms with Gasteiger partial charge < -0.3 is 14.8 Å². The van der Waals surface area contributed by atoms with E-state index in [-0.39, 0.29) is 19.2 Å². The zero-order chi connectivity index (χ0) is 21.7. The second-order valence-corrected chi connectivity index (χ2v) is 7.85. The minimum absolute atomic E-state index is 0.0424. The molecule has 1 atom stereocenters. The van der Waals surface area contributed by atoms with Gasteiger partial charge in [-0.1, -0.05) is 23.7 Å². The maximum atomic E-state index is 12.9. The third-order valence-electron chi connectivity index (χ3n) is 4.71.